The van der Waals surface area contributed by atoms with Crippen molar-refractivity contribution in [2.75, 3.05) is 26.7 Å². The first-order chi connectivity index (χ1) is 13.8. The fraction of sp³-hybridized carbons (Fsp3) is 0.458. The lowest BCUT2D eigenvalue weighted by Crippen LogP contribution is -2.41. The van der Waals surface area contributed by atoms with Gasteiger partial charge in [0, 0.05) is 6.54 Å². The number of benzene rings is 2. The van der Waals surface area contributed by atoms with Gasteiger partial charge in [-0.15, -0.1) is 0 Å². The van der Waals surface area contributed by atoms with E-state index in [0.29, 0.717) is 13.1 Å². The van der Waals surface area contributed by atoms with Crippen LogP contribution in [0.3, 0.4) is 0 Å². The summed E-state index contributed by atoms with van der Waals surface area (Å²) < 4.78 is 5.22. The van der Waals surface area contributed by atoms with Gasteiger partial charge >= 0.3 is 0 Å². The number of methoxy groups -OCH3 is 1. The lowest BCUT2D eigenvalue weighted by atomic mass is 9.96. The molecule has 0 bridgehead atoms. The number of aryl methyl sites for hydroxylation is 1. The number of amides is 1. The van der Waals surface area contributed by atoms with Gasteiger partial charge in [-0.05, 0) is 42.6 Å². The number of carbonyl (C=O) groups excluding carboxylic acids is 1. The van der Waals surface area contributed by atoms with Crippen LogP contribution in [0.2, 0.25) is 0 Å². The van der Waals surface area contributed by atoms with Gasteiger partial charge in [0.1, 0.15) is 5.75 Å². The first-order valence-corrected chi connectivity index (χ1v) is 10.2. The number of nitrogens with one attached hydrogen (secondary N) is 1. The number of hydrogen-bond acceptors (Lipinski definition) is 4. The molecule has 5 nitrogen and oxygen atoms in total. The summed E-state index contributed by atoms with van der Waals surface area (Å²) in [5, 5.41) is 13.7. The highest BCUT2D eigenvalue weighted by Crippen LogP contribution is 2.24. The minimum atomic E-state index is -0.620. The van der Waals surface area contributed by atoms with Crippen molar-refractivity contribution in [2.24, 2.45) is 5.92 Å². The van der Waals surface area contributed by atoms with E-state index in [0.717, 1.165) is 22.4 Å². The Bertz CT molecular complexity index is 757. The maximum absolute atomic E-state index is 12.7. The van der Waals surface area contributed by atoms with Crippen LogP contribution in [0.15, 0.2) is 48.5 Å². The van der Waals surface area contributed by atoms with Gasteiger partial charge in [0.25, 0.3) is 0 Å². The van der Waals surface area contributed by atoms with Crippen molar-refractivity contribution >= 4 is 5.91 Å². The molecule has 2 aromatic rings. The Balaban J connectivity index is 1.98. The summed E-state index contributed by atoms with van der Waals surface area (Å²) in [5.74, 6) is 1.00. The second kappa shape index (κ2) is 11.0. The van der Waals surface area contributed by atoms with Crippen molar-refractivity contribution in [2.45, 2.75) is 39.8 Å². The van der Waals surface area contributed by atoms with Crippen molar-refractivity contribution in [3.05, 3.63) is 65.2 Å². The molecule has 0 radical (unpaired) electrons. The first kappa shape index (κ1) is 22.9. The smallest absolute Gasteiger partial charge is 0.234 e. The number of carbonyl (C=O) groups is 1. The lowest BCUT2D eigenvalue weighted by Gasteiger charge is -2.27. The second-order valence-corrected chi connectivity index (χ2v) is 7.82. The average molecular weight is 399 g/mol. The molecule has 0 aliphatic heterocycles. The van der Waals surface area contributed by atoms with E-state index in [9.17, 15) is 9.90 Å². The zero-order valence-corrected chi connectivity index (χ0v) is 18.2. The van der Waals surface area contributed by atoms with Crippen LogP contribution in [0.25, 0.3) is 0 Å². The van der Waals surface area contributed by atoms with Gasteiger partial charge in [-0.1, -0.05) is 62.7 Å². The summed E-state index contributed by atoms with van der Waals surface area (Å²) in [4.78, 5) is 14.7. The summed E-state index contributed by atoms with van der Waals surface area (Å²) in [6.07, 6.45) is -0.620. The largest absolute Gasteiger partial charge is 0.497 e. The van der Waals surface area contributed by atoms with Gasteiger partial charge in [-0.25, -0.2) is 0 Å². The summed E-state index contributed by atoms with van der Waals surface area (Å²) in [6, 6.07) is 15.6. The fourth-order valence-electron chi connectivity index (χ4n) is 3.31. The number of hydrogen-bond donors (Lipinski definition) is 2. The minimum absolute atomic E-state index is 0.0440. The topological polar surface area (TPSA) is 61.8 Å². The van der Waals surface area contributed by atoms with Crippen LogP contribution in [0.1, 0.15) is 49.6 Å². The quantitative estimate of drug-likeness (QED) is 0.638. The number of likely N-dealkylation sites (N-methyl/N-ethyl adjacent to an activating group) is 1. The van der Waals surface area contributed by atoms with Crippen molar-refractivity contribution in [1.29, 1.82) is 0 Å². The predicted molar refractivity (Wildman–Crippen MR) is 117 cm³/mol. The average Bonchev–Trinajstić information content (AvgIpc) is 2.71. The van der Waals surface area contributed by atoms with Crippen LogP contribution >= 0.6 is 0 Å². The van der Waals surface area contributed by atoms with Gasteiger partial charge in [0.15, 0.2) is 0 Å². The first-order valence-electron chi connectivity index (χ1n) is 10.2. The standard InChI is InChI=1S/C24H34N2O3/c1-6-26(15-22(27)19-9-7-18(4)8-10-19)16-23(28)25-24(17(2)3)20-11-13-21(29-5)14-12-20/h7-14,17,22,24,27H,6,15-16H2,1-5H3,(H,25,28)/t22-,24+/m0/s1. The van der Waals surface area contributed by atoms with Crippen LogP contribution in [-0.4, -0.2) is 42.7 Å². The molecule has 0 saturated carbocycles. The summed E-state index contributed by atoms with van der Waals surface area (Å²) >= 11 is 0. The van der Waals surface area contributed by atoms with E-state index in [-0.39, 0.29) is 24.4 Å². The van der Waals surface area contributed by atoms with Crippen molar-refractivity contribution in [3.63, 3.8) is 0 Å². The third-order valence-corrected chi connectivity index (χ3v) is 5.17. The Kier molecular flexibility index (Phi) is 8.68. The minimum Gasteiger partial charge on any atom is -0.497 e. The molecule has 2 aromatic carbocycles. The number of aliphatic hydroxyl groups excluding tert-OH is 1. The van der Waals surface area contributed by atoms with E-state index >= 15 is 0 Å². The van der Waals surface area contributed by atoms with Crippen molar-refractivity contribution in [1.82, 2.24) is 10.2 Å². The number of nitrogens with zero attached hydrogens (tertiary/aromatic N) is 1. The van der Waals surface area contributed by atoms with Crippen LogP contribution in [0.5, 0.6) is 5.75 Å². The summed E-state index contributed by atoms with van der Waals surface area (Å²) in [5.41, 5.74) is 3.08. The van der Waals surface area contributed by atoms with Crippen LogP contribution in [-0.2, 0) is 4.79 Å². The molecule has 0 fully saturated rings. The molecule has 0 heterocycles. The number of rotatable bonds is 10. The van der Waals surface area contributed by atoms with Crippen LogP contribution in [0, 0.1) is 12.8 Å². The zero-order chi connectivity index (χ0) is 21.4. The Morgan fingerprint density at radius 2 is 1.66 bits per heavy atom. The molecule has 2 rings (SSSR count). The van der Waals surface area contributed by atoms with Gasteiger partial charge in [-0.3, -0.25) is 9.69 Å². The van der Waals surface area contributed by atoms with E-state index in [1.165, 1.54) is 0 Å². The third kappa shape index (κ3) is 6.87. The molecule has 2 N–H and O–H groups in total. The van der Waals surface area contributed by atoms with E-state index in [4.69, 9.17) is 4.74 Å². The van der Waals surface area contributed by atoms with Crippen molar-refractivity contribution < 1.29 is 14.6 Å². The highest BCUT2D eigenvalue weighted by Gasteiger charge is 2.21. The molecule has 0 unspecified atom stereocenters. The second-order valence-electron chi connectivity index (χ2n) is 7.82. The third-order valence-electron chi connectivity index (χ3n) is 5.17. The molecule has 0 aliphatic carbocycles. The van der Waals surface area contributed by atoms with E-state index < -0.39 is 6.10 Å². The van der Waals surface area contributed by atoms with E-state index in [2.05, 4.69) is 19.2 Å². The van der Waals surface area contributed by atoms with Gasteiger partial charge in [0.2, 0.25) is 5.91 Å². The maximum Gasteiger partial charge on any atom is 0.234 e. The number of ether oxygens (including phenoxy) is 1. The highest BCUT2D eigenvalue weighted by atomic mass is 16.5. The molecule has 0 aromatic heterocycles. The van der Waals surface area contributed by atoms with Crippen LogP contribution < -0.4 is 10.1 Å². The van der Waals surface area contributed by atoms with Gasteiger partial charge in [0.05, 0.1) is 25.8 Å². The van der Waals surface area contributed by atoms with E-state index in [1.807, 2.05) is 67.3 Å². The Labute approximate surface area is 174 Å². The van der Waals surface area contributed by atoms with Crippen molar-refractivity contribution in [3.8, 4) is 5.75 Å². The zero-order valence-electron chi connectivity index (χ0n) is 18.2. The fourth-order valence-corrected chi connectivity index (χ4v) is 3.31. The molecular formula is C24H34N2O3. The van der Waals surface area contributed by atoms with Crippen LogP contribution in [0.4, 0.5) is 0 Å². The molecule has 0 spiro atoms. The molecule has 0 saturated heterocycles. The number of aliphatic hydroxyl groups is 1. The van der Waals surface area contributed by atoms with Gasteiger partial charge < -0.3 is 15.2 Å². The molecule has 2 atom stereocenters. The maximum atomic E-state index is 12.7. The molecule has 1 amide bonds. The predicted octanol–water partition coefficient (Wildman–Crippen LogP) is 3.87. The Morgan fingerprint density at radius 1 is 1.07 bits per heavy atom. The Morgan fingerprint density at radius 3 is 2.17 bits per heavy atom. The monoisotopic (exact) mass is 398 g/mol. The summed E-state index contributed by atoms with van der Waals surface area (Å²) in [6.45, 7) is 9.55. The highest BCUT2D eigenvalue weighted by molar-refractivity contribution is 5.78. The van der Waals surface area contributed by atoms with Gasteiger partial charge in [-0.2, -0.15) is 0 Å². The molecular weight excluding hydrogens is 364 g/mol. The summed E-state index contributed by atoms with van der Waals surface area (Å²) in [7, 11) is 1.64. The Hall–Kier alpha value is -2.37. The molecule has 5 heteroatoms. The molecule has 158 valence electrons. The normalized spacial score (nSPS) is 13.4. The molecule has 0 aliphatic rings. The SMILES string of the molecule is CCN(CC(=O)N[C@@H](c1ccc(OC)cc1)C(C)C)C[C@H](O)c1ccc(C)cc1. The lowest BCUT2D eigenvalue weighted by molar-refractivity contribution is -0.123. The molecule has 29 heavy (non-hydrogen) atoms. The van der Waals surface area contributed by atoms with E-state index in [1.54, 1.807) is 7.11 Å².